The molecule has 118 valence electrons. The van der Waals surface area contributed by atoms with E-state index in [-0.39, 0.29) is 0 Å². The highest BCUT2D eigenvalue weighted by molar-refractivity contribution is 5.51. The molecule has 0 saturated carbocycles. The SMILES string of the molecule is CCNC(c1c(C)c(C)c(C)c(C)c1C)C1OCCC1C. The van der Waals surface area contributed by atoms with Crippen LogP contribution in [0.4, 0.5) is 0 Å². The van der Waals surface area contributed by atoms with Crippen LogP contribution in [0.3, 0.4) is 0 Å². The Bertz CT molecular complexity index is 492. The molecule has 0 amide bonds. The minimum Gasteiger partial charge on any atom is -0.376 e. The summed E-state index contributed by atoms with van der Waals surface area (Å²) in [7, 11) is 0. The molecule has 0 bridgehead atoms. The van der Waals surface area contributed by atoms with Crippen LogP contribution in [-0.4, -0.2) is 19.3 Å². The second-order valence-electron chi connectivity index (χ2n) is 6.68. The molecule has 0 spiro atoms. The van der Waals surface area contributed by atoms with Gasteiger partial charge in [0.1, 0.15) is 0 Å². The van der Waals surface area contributed by atoms with Gasteiger partial charge in [0.05, 0.1) is 12.1 Å². The Morgan fingerprint density at radius 1 is 1.00 bits per heavy atom. The van der Waals surface area contributed by atoms with Crippen molar-refractivity contribution in [3.63, 3.8) is 0 Å². The zero-order valence-electron chi connectivity index (χ0n) is 14.8. The zero-order valence-corrected chi connectivity index (χ0v) is 14.8. The fourth-order valence-corrected chi connectivity index (χ4v) is 3.74. The largest absolute Gasteiger partial charge is 0.376 e. The third-order valence-corrected chi connectivity index (χ3v) is 5.57. The highest BCUT2D eigenvalue weighted by atomic mass is 16.5. The lowest BCUT2D eigenvalue weighted by molar-refractivity contribution is 0.0608. The molecule has 0 aliphatic carbocycles. The molecule has 2 heteroatoms. The maximum absolute atomic E-state index is 6.09. The average Bonchev–Trinajstić information content (AvgIpc) is 2.88. The molecule has 1 aliphatic heterocycles. The Kier molecular flexibility index (Phi) is 5.11. The van der Waals surface area contributed by atoms with E-state index in [1.165, 1.54) is 39.8 Å². The summed E-state index contributed by atoms with van der Waals surface area (Å²) in [6, 6.07) is 0.311. The smallest absolute Gasteiger partial charge is 0.0796 e. The van der Waals surface area contributed by atoms with Crippen molar-refractivity contribution in [1.29, 1.82) is 0 Å². The quantitative estimate of drug-likeness (QED) is 0.892. The number of nitrogens with one attached hydrogen (secondary N) is 1. The van der Waals surface area contributed by atoms with E-state index in [4.69, 9.17) is 4.74 Å². The van der Waals surface area contributed by atoms with Gasteiger partial charge < -0.3 is 10.1 Å². The summed E-state index contributed by atoms with van der Waals surface area (Å²) in [5.74, 6) is 0.620. The first-order valence-corrected chi connectivity index (χ1v) is 8.31. The lowest BCUT2D eigenvalue weighted by Gasteiger charge is -2.32. The monoisotopic (exact) mass is 289 g/mol. The molecule has 1 saturated heterocycles. The van der Waals surface area contributed by atoms with Gasteiger partial charge in [-0.25, -0.2) is 0 Å². The van der Waals surface area contributed by atoms with Gasteiger partial charge in [0.15, 0.2) is 0 Å². The molecule has 1 aromatic carbocycles. The fourth-order valence-electron chi connectivity index (χ4n) is 3.74. The molecule has 1 aliphatic rings. The minimum absolute atomic E-state index is 0.295. The summed E-state index contributed by atoms with van der Waals surface area (Å²) in [6.45, 7) is 17.7. The van der Waals surface area contributed by atoms with Crippen LogP contribution in [0.2, 0.25) is 0 Å². The Labute approximate surface area is 130 Å². The summed E-state index contributed by atoms with van der Waals surface area (Å²) in [5, 5.41) is 3.70. The number of benzene rings is 1. The second kappa shape index (κ2) is 6.50. The van der Waals surface area contributed by atoms with Crippen molar-refractivity contribution in [3.8, 4) is 0 Å². The van der Waals surface area contributed by atoms with E-state index in [9.17, 15) is 0 Å². The third-order valence-electron chi connectivity index (χ3n) is 5.57. The van der Waals surface area contributed by atoms with Crippen molar-refractivity contribution in [2.45, 2.75) is 67.0 Å². The molecule has 0 aromatic heterocycles. The number of hydrogen-bond donors (Lipinski definition) is 1. The molecule has 1 aromatic rings. The number of rotatable bonds is 4. The van der Waals surface area contributed by atoms with Gasteiger partial charge >= 0.3 is 0 Å². The first-order valence-electron chi connectivity index (χ1n) is 8.31. The van der Waals surface area contributed by atoms with E-state index in [0.29, 0.717) is 18.1 Å². The molecule has 1 N–H and O–H groups in total. The van der Waals surface area contributed by atoms with Crippen LogP contribution in [0.25, 0.3) is 0 Å². The Morgan fingerprint density at radius 2 is 1.52 bits per heavy atom. The lowest BCUT2D eigenvalue weighted by Crippen LogP contribution is -2.36. The number of likely N-dealkylation sites (N-methyl/N-ethyl adjacent to an activating group) is 1. The normalized spacial score (nSPS) is 23.6. The molecule has 1 fully saturated rings. The van der Waals surface area contributed by atoms with Crippen molar-refractivity contribution in [1.82, 2.24) is 5.32 Å². The first kappa shape index (κ1) is 16.5. The predicted molar refractivity (Wildman–Crippen MR) is 90.1 cm³/mol. The molecule has 2 rings (SSSR count). The number of hydrogen-bond acceptors (Lipinski definition) is 2. The van der Waals surface area contributed by atoms with Crippen molar-refractivity contribution < 1.29 is 4.74 Å². The lowest BCUT2D eigenvalue weighted by atomic mass is 9.82. The molecule has 2 nitrogen and oxygen atoms in total. The van der Waals surface area contributed by atoms with E-state index < -0.39 is 0 Å². The second-order valence-corrected chi connectivity index (χ2v) is 6.68. The van der Waals surface area contributed by atoms with Gasteiger partial charge in [-0.15, -0.1) is 0 Å². The average molecular weight is 289 g/mol. The van der Waals surface area contributed by atoms with Gasteiger partial charge in [-0.2, -0.15) is 0 Å². The van der Waals surface area contributed by atoms with Crippen molar-refractivity contribution >= 4 is 0 Å². The van der Waals surface area contributed by atoms with E-state index in [1.54, 1.807) is 0 Å². The van der Waals surface area contributed by atoms with Crippen molar-refractivity contribution in [3.05, 3.63) is 33.4 Å². The van der Waals surface area contributed by atoms with Crippen LogP contribution in [0, 0.1) is 40.5 Å². The maximum atomic E-state index is 6.09. The van der Waals surface area contributed by atoms with Gasteiger partial charge in [-0.05, 0) is 86.9 Å². The van der Waals surface area contributed by atoms with Crippen LogP contribution >= 0.6 is 0 Å². The van der Waals surface area contributed by atoms with Crippen molar-refractivity contribution in [2.24, 2.45) is 5.92 Å². The summed E-state index contributed by atoms with van der Waals surface area (Å²) in [5.41, 5.74) is 8.64. The van der Waals surface area contributed by atoms with Crippen LogP contribution in [0.15, 0.2) is 0 Å². The van der Waals surface area contributed by atoms with E-state index >= 15 is 0 Å². The predicted octanol–water partition coefficient (Wildman–Crippen LogP) is 4.30. The molecular formula is C19H31NO. The molecule has 3 unspecified atom stereocenters. The molecule has 21 heavy (non-hydrogen) atoms. The molecule has 1 heterocycles. The third kappa shape index (κ3) is 2.89. The zero-order chi connectivity index (χ0) is 15.7. The number of ether oxygens (including phenoxy) is 1. The van der Waals surface area contributed by atoms with Gasteiger partial charge in [-0.3, -0.25) is 0 Å². The molecule has 0 radical (unpaired) electrons. The Balaban J connectivity index is 2.55. The van der Waals surface area contributed by atoms with E-state index in [0.717, 1.165) is 13.2 Å². The van der Waals surface area contributed by atoms with Crippen molar-refractivity contribution in [2.75, 3.05) is 13.2 Å². The molecule has 3 atom stereocenters. The topological polar surface area (TPSA) is 21.3 Å². The Hall–Kier alpha value is -0.860. The highest BCUT2D eigenvalue weighted by Gasteiger charge is 2.34. The maximum Gasteiger partial charge on any atom is 0.0796 e. The van der Waals surface area contributed by atoms with Gasteiger partial charge in [0, 0.05) is 6.61 Å². The van der Waals surface area contributed by atoms with Crippen LogP contribution in [0.1, 0.15) is 59.7 Å². The first-order chi connectivity index (χ1) is 9.90. The summed E-state index contributed by atoms with van der Waals surface area (Å²) in [4.78, 5) is 0. The van der Waals surface area contributed by atoms with Crippen LogP contribution in [-0.2, 0) is 4.74 Å². The highest BCUT2D eigenvalue weighted by Crippen LogP contribution is 2.37. The Morgan fingerprint density at radius 3 is 1.95 bits per heavy atom. The van der Waals surface area contributed by atoms with Gasteiger partial charge in [0.25, 0.3) is 0 Å². The standard InChI is InChI=1S/C19H31NO/c1-8-20-18(19-11(2)9-10-21-19)17-15(6)13(4)12(3)14(5)16(17)7/h11,18-20H,8-10H2,1-7H3. The van der Waals surface area contributed by atoms with Crippen LogP contribution < -0.4 is 5.32 Å². The van der Waals surface area contributed by atoms with E-state index in [1.807, 2.05) is 0 Å². The van der Waals surface area contributed by atoms with Gasteiger partial charge in [-0.1, -0.05) is 13.8 Å². The minimum atomic E-state index is 0.295. The fraction of sp³-hybridized carbons (Fsp3) is 0.684. The summed E-state index contributed by atoms with van der Waals surface area (Å²) >= 11 is 0. The summed E-state index contributed by atoms with van der Waals surface area (Å²) < 4.78 is 6.09. The van der Waals surface area contributed by atoms with Gasteiger partial charge in [0.2, 0.25) is 0 Å². The molecular weight excluding hydrogens is 258 g/mol. The summed E-state index contributed by atoms with van der Waals surface area (Å²) in [6.07, 6.45) is 1.47. The van der Waals surface area contributed by atoms with Crippen LogP contribution in [0.5, 0.6) is 0 Å². The van der Waals surface area contributed by atoms with E-state index in [2.05, 4.69) is 53.8 Å².